The molecule has 0 saturated carbocycles. The molecule has 2 amide bonds. The van der Waals surface area contributed by atoms with Gasteiger partial charge >= 0.3 is 5.97 Å². The van der Waals surface area contributed by atoms with Gasteiger partial charge in [0.15, 0.2) is 6.61 Å². The summed E-state index contributed by atoms with van der Waals surface area (Å²) in [5.41, 5.74) is 1.21. The Kier molecular flexibility index (Phi) is 5.35. The Bertz CT molecular complexity index is 882. The highest BCUT2D eigenvalue weighted by atomic mass is 19.1. The van der Waals surface area contributed by atoms with Crippen molar-refractivity contribution in [2.45, 2.75) is 12.3 Å². The fraction of sp³-hybridized carbons (Fsp3) is 0.211. The van der Waals surface area contributed by atoms with E-state index in [0.717, 1.165) is 6.07 Å². The van der Waals surface area contributed by atoms with Crippen LogP contribution in [0.1, 0.15) is 17.9 Å². The van der Waals surface area contributed by atoms with Crippen LogP contribution in [0, 0.1) is 5.82 Å². The molecule has 2 N–H and O–H groups in total. The van der Waals surface area contributed by atoms with Crippen LogP contribution in [0.5, 0.6) is 5.75 Å². The molecule has 27 heavy (non-hydrogen) atoms. The van der Waals surface area contributed by atoms with E-state index in [1.165, 1.54) is 19.2 Å². The maximum Gasteiger partial charge on any atom is 0.314 e. The van der Waals surface area contributed by atoms with Gasteiger partial charge in [-0.2, -0.15) is 0 Å². The minimum atomic E-state index is -0.886. The number of nitrogens with one attached hydrogen (secondary N) is 2. The van der Waals surface area contributed by atoms with Crippen LogP contribution in [0.25, 0.3) is 0 Å². The Morgan fingerprint density at radius 2 is 1.96 bits per heavy atom. The molecule has 0 aliphatic carbocycles. The number of amides is 2. The first-order valence-corrected chi connectivity index (χ1v) is 8.16. The van der Waals surface area contributed by atoms with Gasteiger partial charge < -0.3 is 20.1 Å². The number of anilines is 2. The van der Waals surface area contributed by atoms with Crippen molar-refractivity contribution in [2.75, 3.05) is 24.4 Å². The smallest absolute Gasteiger partial charge is 0.314 e. The number of benzene rings is 2. The molecule has 0 aromatic heterocycles. The summed E-state index contributed by atoms with van der Waals surface area (Å²) >= 11 is 0. The van der Waals surface area contributed by atoms with Crippen LogP contribution in [0.2, 0.25) is 0 Å². The Morgan fingerprint density at radius 3 is 2.67 bits per heavy atom. The predicted octanol–water partition coefficient (Wildman–Crippen LogP) is 2.44. The lowest BCUT2D eigenvalue weighted by molar-refractivity contribution is -0.149. The molecule has 1 heterocycles. The predicted molar refractivity (Wildman–Crippen MR) is 95.0 cm³/mol. The number of fused-ring (bicyclic) bond motifs is 1. The van der Waals surface area contributed by atoms with Gasteiger partial charge in [0, 0.05) is 17.8 Å². The van der Waals surface area contributed by atoms with Crippen LogP contribution in [-0.4, -0.2) is 31.5 Å². The van der Waals surface area contributed by atoms with Gasteiger partial charge in [0.25, 0.3) is 5.91 Å². The van der Waals surface area contributed by atoms with Gasteiger partial charge in [-0.15, -0.1) is 0 Å². The topological polar surface area (TPSA) is 93.7 Å². The SMILES string of the molecule is COc1ccc(NC(=O)COC(=O)C2CC(=O)Nc3cc(F)ccc32)cc1. The van der Waals surface area contributed by atoms with E-state index in [-0.39, 0.29) is 12.1 Å². The van der Waals surface area contributed by atoms with Gasteiger partial charge in [-0.05, 0) is 42.0 Å². The van der Waals surface area contributed by atoms with Crippen molar-refractivity contribution in [2.24, 2.45) is 0 Å². The minimum absolute atomic E-state index is 0.127. The van der Waals surface area contributed by atoms with Crippen LogP contribution < -0.4 is 15.4 Å². The first kappa shape index (κ1) is 18.4. The van der Waals surface area contributed by atoms with Gasteiger partial charge in [-0.25, -0.2) is 4.39 Å². The summed E-state index contributed by atoms with van der Waals surface area (Å²) < 4.78 is 23.4. The number of halogens is 1. The summed E-state index contributed by atoms with van der Waals surface area (Å²) in [6.45, 7) is -0.500. The molecule has 0 fully saturated rings. The highest BCUT2D eigenvalue weighted by Crippen LogP contribution is 2.33. The van der Waals surface area contributed by atoms with E-state index in [1.807, 2.05) is 0 Å². The minimum Gasteiger partial charge on any atom is -0.497 e. The molecule has 1 atom stereocenters. The molecule has 2 aromatic carbocycles. The van der Waals surface area contributed by atoms with Crippen molar-refractivity contribution >= 4 is 29.2 Å². The fourth-order valence-corrected chi connectivity index (χ4v) is 2.76. The normalized spacial score (nSPS) is 15.3. The number of ether oxygens (including phenoxy) is 2. The molecule has 1 aliphatic rings. The quantitative estimate of drug-likeness (QED) is 0.787. The second-order valence-electron chi connectivity index (χ2n) is 5.92. The van der Waals surface area contributed by atoms with Gasteiger partial charge in [-0.3, -0.25) is 14.4 Å². The van der Waals surface area contributed by atoms with Crippen LogP contribution in [0.4, 0.5) is 15.8 Å². The molecular formula is C19H17FN2O5. The number of rotatable bonds is 5. The number of methoxy groups -OCH3 is 1. The van der Waals surface area contributed by atoms with E-state index < -0.39 is 36.1 Å². The van der Waals surface area contributed by atoms with Crippen molar-refractivity contribution in [1.29, 1.82) is 0 Å². The van der Waals surface area contributed by atoms with Crippen molar-refractivity contribution in [3.05, 3.63) is 53.8 Å². The van der Waals surface area contributed by atoms with E-state index in [2.05, 4.69) is 10.6 Å². The van der Waals surface area contributed by atoms with Crippen LogP contribution >= 0.6 is 0 Å². The summed E-state index contributed by atoms with van der Waals surface area (Å²) in [5, 5.41) is 5.10. The summed E-state index contributed by atoms with van der Waals surface area (Å²) in [7, 11) is 1.53. The standard InChI is InChI=1S/C19H17FN2O5/c1-26-13-5-3-12(4-6-13)21-18(24)10-27-19(25)15-9-17(23)22-16-8-11(20)2-7-14(15)16/h2-8,15H,9-10H2,1H3,(H,21,24)(H,22,23). The number of carbonyl (C=O) groups is 3. The average molecular weight is 372 g/mol. The van der Waals surface area contributed by atoms with Crippen LogP contribution in [0.3, 0.4) is 0 Å². The molecule has 1 unspecified atom stereocenters. The molecule has 1 aliphatic heterocycles. The Balaban J connectivity index is 1.60. The summed E-state index contributed by atoms with van der Waals surface area (Å²) in [6.07, 6.45) is -0.127. The second-order valence-corrected chi connectivity index (χ2v) is 5.92. The number of hydrogen-bond acceptors (Lipinski definition) is 5. The van der Waals surface area contributed by atoms with Crippen molar-refractivity contribution in [3.63, 3.8) is 0 Å². The zero-order valence-corrected chi connectivity index (χ0v) is 14.5. The highest BCUT2D eigenvalue weighted by Gasteiger charge is 2.32. The van der Waals surface area contributed by atoms with Gasteiger partial charge in [0.1, 0.15) is 11.6 Å². The molecule has 0 radical (unpaired) electrons. The zero-order valence-electron chi connectivity index (χ0n) is 14.5. The summed E-state index contributed by atoms with van der Waals surface area (Å²) in [6, 6.07) is 10.4. The Hall–Kier alpha value is -3.42. The maximum absolute atomic E-state index is 13.3. The molecule has 2 aromatic rings. The molecule has 0 spiro atoms. The third kappa shape index (κ3) is 4.41. The van der Waals surface area contributed by atoms with Crippen molar-refractivity contribution < 1.29 is 28.2 Å². The van der Waals surface area contributed by atoms with Crippen molar-refractivity contribution in [1.82, 2.24) is 0 Å². The maximum atomic E-state index is 13.3. The van der Waals surface area contributed by atoms with E-state index in [1.54, 1.807) is 24.3 Å². The third-order valence-corrected chi connectivity index (χ3v) is 4.06. The molecule has 0 bridgehead atoms. The lowest BCUT2D eigenvalue weighted by atomic mass is 9.90. The number of hydrogen-bond donors (Lipinski definition) is 2. The highest BCUT2D eigenvalue weighted by molar-refractivity contribution is 6.00. The first-order valence-electron chi connectivity index (χ1n) is 8.16. The van der Waals surface area contributed by atoms with E-state index in [4.69, 9.17) is 9.47 Å². The van der Waals surface area contributed by atoms with Crippen LogP contribution in [-0.2, 0) is 19.1 Å². The largest absolute Gasteiger partial charge is 0.497 e. The molecule has 7 nitrogen and oxygen atoms in total. The zero-order chi connectivity index (χ0) is 19.4. The first-order chi connectivity index (χ1) is 13.0. The van der Waals surface area contributed by atoms with Gasteiger partial charge in [0.2, 0.25) is 5.91 Å². The summed E-state index contributed by atoms with van der Waals surface area (Å²) in [5.74, 6) is -2.43. The van der Waals surface area contributed by atoms with E-state index in [0.29, 0.717) is 17.0 Å². The molecule has 8 heteroatoms. The van der Waals surface area contributed by atoms with Crippen molar-refractivity contribution in [3.8, 4) is 5.75 Å². The lowest BCUT2D eigenvalue weighted by Crippen LogP contribution is -2.30. The molecule has 140 valence electrons. The molecule has 0 saturated heterocycles. The fourth-order valence-electron chi connectivity index (χ4n) is 2.76. The van der Waals surface area contributed by atoms with Gasteiger partial charge in [-0.1, -0.05) is 6.07 Å². The lowest BCUT2D eigenvalue weighted by Gasteiger charge is -2.24. The summed E-state index contributed by atoms with van der Waals surface area (Å²) in [4.78, 5) is 36.1. The Morgan fingerprint density at radius 1 is 1.22 bits per heavy atom. The number of esters is 1. The third-order valence-electron chi connectivity index (χ3n) is 4.06. The Labute approximate surface area is 154 Å². The monoisotopic (exact) mass is 372 g/mol. The average Bonchev–Trinajstić information content (AvgIpc) is 2.65. The van der Waals surface area contributed by atoms with Crippen LogP contribution in [0.15, 0.2) is 42.5 Å². The molecular weight excluding hydrogens is 355 g/mol. The second kappa shape index (κ2) is 7.86. The van der Waals surface area contributed by atoms with Gasteiger partial charge in [0.05, 0.1) is 13.0 Å². The van der Waals surface area contributed by atoms with E-state index >= 15 is 0 Å². The van der Waals surface area contributed by atoms with E-state index in [9.17, 15) is 18.8 Å². The molecule has 3 rings (SSSR count). The number of carbonyl (C=O) groups excluding carboxylic acids is 3.